The van der Waals surface area contributed by atoms with Gasteiger partial charge in [0.05, 0.1) is 12.1 Å². The van der Waals surface area contributed by atoms with Crippen LogP contribution in [-0.2, 0) is 16.0 Å². The Kier molecular flexibility index (Phi) is 9.93. The third-order valence-electron chi connectivity index (χ3n) is 7.24. The zero-order chi connectivity index (χ0) is 24.9. The maximum absolute atomic E-state index is 13.7. The molecular weight excluding hydrogens is 470 g/mol. The molecule has 1 amide bonds. The second-order valence-corrected chi connectivity index (χ2v) is 11.1. The Morgan fingerprint density at radius 3 is 2.64 bits per heavy atom. The summed E-state index contributed by atoms with van der Waals surface area (Å²) in [7, 11) is 0. The highest BCUT2D eigenvalue weighted by molar-refractivity contribution is 7.15. The van der Waals surface area contributed by atoms with Crippen LogP contribution in [0.1, 0.15) is 94.2 Å². The molecule has 1 aliphatic heterocycles. The van der Waals surface area contributed by atoms with Gasteiger partial charge in [0, 0.05) is 26.9 Å². The Morgan fingerprint density at radius 2 is 1.97 bits per heavy atom. The van der Waals surface area contributed by atoms with Crippen LogP contribution in [0.4, 0.5) is 0 Å². The summed E-state index contributed by atoms with van der Waals surface area (Å²) in [4.78, 5) is 18.2. The first kappa shape index (κ1) is 28.2. The number of rotatable bonds is 10. The Labute approximate surface area is 219 Å². The quantitative estimate of drug-likeness (QED) is 0.120. The third kappa shape index (κ3) is 6.28. The number of carbonyl (C=O) groups is 1. The minimum atomic E-state index is -0.313. The van der Waals surface area contributed by atoms with E-state index in [1.165, 1.54) is 28.2 Å². The predicted octanol–water partition coefficient (Wildman–Crippen LogP) is 5.90. The number of amides is 1. The summed E-state index contributed by atoms with van der Waals surface area (Å²) in [6.45, 7) is 6.48. The summed E-state index contributed by atoms with van der Waals surface area (Å²) in [6, 6.07) is 10.7. The van der Waals surface area contributed by atoms with Crippen molar-refractivity contribution in [2.24, 2.45) is 16.7 Å². The molecule has 7 N–H and O–H groups in total. The van der Waals surface area contributed by atoms with Gasteiger partial charge in [-0.05, 0) is 70.4 Å². The SMILES string of the molecule is CCCCCc1cc([C@@H](C)N(C(=O)[C@H]2CCC[C@@H](C)O2)C2CC2)sc1-c1ccccc1/C(N)=N/N.N. The number of nitrogens with zero attached hydrogens (tertiary/aromatic N) is 2. The van der Waals surface area contributed by atoms with E-state index in [-0.39, 0.29) is 30.3 Å². The Bertz CT molecular complexity index is 1050. The molecule has 198 valence electrons. The van der Waals surface area contributed by atoms with Crippen molar-refractivity contribution in [2.45, 2.75) is 103 Å². The maximum atomic E-state index is 13.7. The summed E-state index contributed by atoms with van der Waals surface area (Å²) in [5, 5.41) is 3.76. The van der Waals surface area contributed by atoms with Gasteiger partial charge < -0.3 is 27.4 Å². The monoisotopic (exact) mass is 513 g/mol. The highest BCUT2D eigenvalue weighted by Crippen LogP contribution is 2.43. The van der Waals surface area contributed by atoms with Crippen molar-refractivity contribution in [3.8, 4) is 10.4 Å². The molecule has 2 aromatic rings. The number of hydrogen-bond acceptors (Lipinski definition) is 6. The van der Waals surface area contributed by atoms with Crippen LogP contribution >= 0.6 is 11.3 Å². The minimum Gasteiger partial charge on any atom is -0.382 e. The van der Waals surface area contributed by atoms with Gasteiger partial charge in [0.15, 0.2) is 5.84 Å². The van der Waals surface area contributed by atoms with E-state index in [2.05, 4.69) is 42.9 Å². The summed E-state index contributed by atoms with van der Waals surface area (Å²) in [5.74, 6) is 6.04. The normalized spacial score (nSPS) is 21.0. The first-order chi connectivity index (χ1) is 16.9. The Hall–Kier alpha value is -2.42. The number of aryl methyl sites for hydroxylation is 1. The summed E-state index contributed by atoms with van der Waals surface area (Å²) < 4.78 is 6.08. The third-order valence-corrected chi connectivity index (χ3v) is 8.62. The molecular formula is C28H43N5O2S. The highest BCUT2D eigenvalue weighted by atomic mass is 32.1. The maximum Gasteiger partial charge on any atom is 0.252 e. The van der Waals surface area contributed by atoms with Gasteiger partial charge in [-0.15, -0.1) is 11.3 Å². The van der Waals surface area contributed by atoms with Crippen LogP contribution < -0.4 is 17.7 Å². The van der Waals surface area contributed by atoms with E-state index >= 15 is 0 Å². The van der Waals surface area contributed by atoms with E-state index in [4.69, 9.17) is 16.3 Å². The van der Waals surface area contributed by atoms with Crippen molar-refractivity contribution in [3.63, 3.8) is 0 Å². The smallest absolute Gasteiger partial charge is 0.252 e. The molecule has 0 unspecified atom stereocenters. The lowest BCUT2D eigenvalue weighted by Gasteiger charge is -2.35. The molecule has 36 heavy (non-hydrogen) atoms. The lowest BCUT2D eigenvalue weighted by atomic mass is 9.99. The van der Waals surface area contributed by atoms with Crippen molar-refractivity contribution < 1.29 is 9.53 Å². The average molecular weight is 514 g/mol. The number of benzene rings is 1. The summed E-state index contributed by atoms with van der Waals surface area (Å²) in [6.07, 6.45) is 9.40. The van der Waals surface area contributed by atoms with E-state index in [1.807, 2.05) is 18.2 Å². The fourth-order valence-corrected chi connectivity index (χ4v) is 6.44. The molecule has 1 aromatic carbocycles. The number of ether oxygens (including phenoxy) is 1. The number of hydrazone groups is 1. The Balaban J connectivity index is 0.00000361. The van der Waals surface area contributed by atoms with Gasteiger partial charge in [-0.1, -0.05) is 44.0 Å². The second-order valence-electron chi connectivity index (χ2n) is 10.0. The van der Waals surface area contributed by atoms with Crippen molar-refractivity contribution >= 4 is 23.1 Å². The van der Waals surface area contributed by atoms with Crippen LogP contribution in [0.25, 0.3) is 10.4 Å². The molecule has 1 saturated heterocycles. The number of nitrogens with two attached hydrogens (primary N) is 2. The van der Waals surface area contributed by atoms with Gasteiger partial charge in [0.2, 0.25) is 0 Å². The number of unbranched alkanes of at least 4 members (excludes halogenated alkanes) is 2. The van der Waals surface area contributed by atoms with Gasteiger partial charge in [0.1, 0.15) is 6.10 Å². The molecule has 2 aliphatic rings. The molecule has 2 fully saturated rings. The molecule has 1 aliphatic carbocycles. The molecule has 1 saturated carbocycles. The van der Waals surface area contributed by atoms with E-state index < -0.39 is 0 Å². The van der Waals surface area contributed by atoms with E-state index in [9.17, 15) is 4.79 Å². The van der Waals surface area contributed by atoms with E-state index in [0.717, 1.165) is 56.1 Å². The average Bonchev–Trinajstić information content (AvgIpc) is 3.61. The largest absolute Gasteiger partial charge is 0.382 e. The van der Waals surface area contributed by atoms with E-state index in [1.54, 1.807) is 11.3 Å². The molecule has 8 heteroatoms. The first-order valence-corrected chi connectivity index (χ1v) is 14.0. The van der Waals surface area contributed by atoms with E-state index in [0.29, 0.717) is 11.9 Å². The van der Waals surface area contributed by atoms with Crippen LogP contribution in [0.2, 0.25) is 0 Å². The topological polar surface area (TPSA) is 129 Å². The predicted molar refractivity (Wildman–Crippen MR) is 149 cm³/mol. The van der Waals surface area contributed by atoms with Crippen molar-refractivity contribution in [1.82, 2.24) is 11.1 Å². The van der Waals surface area contributed by atoms with Crippen LogP contribution in [-0.4, -0.2) is 34.9 Å². The van der Waals surface area contributed by atoms with Gasteiger partial charge in [-0.2, -0.15) is 5.10 Å². The molecule has 0 radical (unpaired) electrons. The fourth-order valence-electron chi connectivity index (χ4n) is 5.14. The molecule has 0 bridgehead atoms. The molecule has 2 heterocycles. The fraction of sp³-hybridized carbons (Fsp3) is 0.571. The van der Waals surface area contributed by atoms with Crippen molar-refractivity contribution in [2.75, 3.05) is 0 Å². The second kappa shape index (κ2) is 12.7. The summed E-state index contributed by atoms with van der Waals surface area (Å²) >= 11 is 1.77. The number of hydrogen-bond donors (Lipinski definition) is 3. The summed E-state index contributed by atoms with van der Waals surface area (Å²) in [5.41, 5.74) is 9.39. The molecule has 3 atom stereocenters. The van der Waals surface area contributed by atoms with Gasteiger partial charge in [0.25, 0.3) is 5.91 Å². The molecule has 4 rings (SSSR count). The number of carbonyl (C=O) groups excluding carboxylic acids is 1. The molecule has 0 spiro atoms. The highest BCUT2D eigenvalue weighted by Gasteiger charge is 2.41. The van der Waals surface area contributed by atoms with Crippen LogP contribution in [0.15, 0.2) is 35.4 Å². The number of amidine groups is 1. The standard InChI is InChI=1S/C28H40N4O2S.H3N/c1-4-5-6-11-20-17-25(35-26(20)22-12-7-8-13-23(22)27(29)31-30)19(3)32(21-15-16-21)28(33)24-14-9-10-18(2)34-24;/h7-8,12-13,17-19,21,24H,4-6,9-11,14-16,30H2,1-3H3,(H2,29,31);1H3/t18-,19-,24-;/m1./s1. The van der Waals surface area contributed by atoms with Crippen molar-refractivity contribution in [3.05, 3.63) is 46.3 Å². The van der Waals surface area contributed by atoms with Crippen LogP contribution in [0.3, 0.4) is 0 Å². The molecule has 7 nitrogen and oxygen atoms in total. The Morgan fingerprint density at radius 1 is 1.22 bits per heavy atom. The minimum absolute atomic E-state index is 0. The number of thiophene rings is 1. The lowest BCUT2D eigenvalue weighted by Crippen LogP contribution is -2.45. The van der Waals surface area contributed by atoms with Crippen LogP contribution in [0.5, 0.6) is 0 Å². The zero-order valence-corrected chi connectivity index (χ0v) is 22.9. The zero-order valence-electron chi connectivity index (χ0n) is 22.0. The van der Waals surface area contributed by atoms with Gasteiger partial charge in [-0.3, -0.25) is 4.79 Å². The lowest BCUT2D eigenvalue weighted by molar-refractivity contribution is -0.154. The molecule has 1 aromatic heterocycles. The first-order valence-electron chi connectivity index (χ1n) is 13.2. The van der Waals surface area contributed by atoms with Crippen molar-refractivity contribution in [1.29, 1.82) is 0 Å². The van der Waals surface area contributed by atoms with Crippen LogP contribution in [0, 0.1) is 0 Å². The van der Waals surface area contributed by atoms with Gasteiger partial charge in [-0.25, -0.2) is 0 Å². The van der Waals surface area contributed by atoms with Gasteiger partial charge >= 0.3 is 0 Å².